The number of esters is 3. The monoisotopic (exact) mass is 666 g/mol. The van der Waals surface area contributed by atoms with E-state index in [9.17, 15) is 31.9 Å². The largest absolute Gasteiger partial charge is 0.487 e. The Balaban J connectivity index is 1.42. The molecule has 0 aliphatic heterocycles. The summed E-state index contributed by atoms with van der Waals surface area (Å²) < 4.78 is 92.0. The molecule has 7 nitrogen and oxygen atoms in total. The van der Waals surface area contributed by atoms with Crippen LogP contribution in [0, 0.1) is 23.3 Å². The second kappa shape index (κ2) is 16.2. The Labute approximate surface area is 271 Å². The number of halogens is 5. The fourth-order valence-electron chi connectivity index (χ4n) is 4.22. The summed E-state index contributed by atoms with van der Waals surface area (Å²) in [4.78, 5) is 35.3. The summed E-state index contributed by atoms with van der Waals surface area (Å²) in [6.07, 6.45) is 3.48. The molecule has 0 aromatic heterocycles. The molecule has 0 radical (unpaired) electrons. The van der Waals surface area contributed by atoms with Crippen LogP contribution in [0.1, 0.15) is 29.3 Å². The van der Waals surface area contributed by atoms with Crippen molar-refractivity contribution < 1.29 is 55.3 Å². The molecule has 0 N–H and O–H groups in total. The number of benzene rings is 4. The van der Waals surface area contributed by atoms with E-state index in [1.165, 1.54) is 42.5 Å². The molecule has 0 spiro atoms. The van der Waals surface area contributed by atoms with Gasteiger partial charge < -0.3 is 18.9 Å². The molecule has 0 unspecified atom stereocenters. The Hall–Kier alpha value is -5.78. The highest BCUT2D eigenvalue weighted by Gasteiger charge is 2.20. The predicted octanol–water partition coefficient (Wildman–Crippen LogP) is 8.17. The average molecular weight is 667 g/mol. The molecule has 4 rings (SSSR count). The average Bonchev–Trinajstić information content (AvgIpc) is 3.06. The van der Waals surface area contributed by atoms with Crippen molar-refractivity contribution >= 4 is 24.0 Å². The van der Waals surface area contributed by atoms with Gasteiger partial charge in [0.1, 0.15) is 30.6 Å². The summed E-state index contributed by atoms with van der Waals surface area (Å²) in [6, 6.07) is 15.2. The van der Waals surface area contributed by atoms with Gasteiger partial charge in [-0.1, -0.05) is 43.8 Å². The molecule has 4 aromatic rings. The highest BCUT2D eigenvalue weighted by molar-refractivity contribution is 5.92. The SMILES string of the molecule is C=C(F)C(=O)OCCOc1ccc(-c2ccc(-c3ccc(C(=O)Oc4ccc(C=CC(=O)OCCC)cc4)c(F)c3)c(F)c2)c(F)c1F. The highest BCUT2D eigenvalue weighted by Crippen LogP contribution is 2.33. The Morgan fingerprint density at radius 3 is 2.08 bits per heavy atom. The first-order valence-electron chi connectivity index (χ1n) is 14.4. The summed E-state index contributed by atoms with van der Waals surface area (Å²) in [5.41, 5.74) is -0.128. The van der Waals surface area contributed by atoms with Crippen LogP contribution in [0.4, 0.5) is 22.0 Å². The summed E-state index contributed by atoms with van der Waals surface area (Å²) in [5, 5.41) is 0. The molecule has 0 fully saturated rings. The van der Waals surface area contributed by atoms with Crippen LogP contribution >= 0.6 is 0 Å². The second-order valence-electron chi connectivity index (χ2n) is 9.98. The first kappa shape index (κ1) is 35.1. The minimum absolute atomic E-state index is 0.0341. The van der Waals surface area contributed by atoms with Gasteiger partial charge in [-0.05, 0) is 71.7 Å². The molecule has 0 heterocycles. The molecular formula is C36H27F5O7. The van der Waals surface area contributed by atoms with Crippen LogP contribution in [-0.2, 0) is 19.1 Å². The van der Waals surface area contributed by atoms with E-state index in [1.54, 1.807) is 12.1 Å². The Kier molecular flexibility index (Phi) is 11.8. The maximum Gasteiger partial charge on any atom is 0.366 e. The normalized spacial score (nSPS) is 10.9. The minimum atomic E-state index is -1.39. The van der Waals surface area contributed by atoms with Gasteiger partial charge in [0.25, 0.3) is 0 Å². The first-order chi connectivity index (χ1) is 23.0. The lowest BCUT2D eigenvalue weighted by Gasteiger charge is -2.12. The summed E-state index contributed by atoms with van der Waals surface area (Å²) >= 11 is 0. The lowest BCUT2D eigenvalue weighted by molar-refractivity contribution is -0.141. The van der Waals surface area contributed by atoms with Crippen molar-refractivity contribution in [2.45, 2.75) is 13.3 Å². The van der Waals surface area contributed by atoms with Gasteiger partial charge in [-0.3, -0.25) is 0 Å². The molecule has 4 aromatic carbocycles. The van der Waals surface area contributed by atoms with E-state index in [1.807, 2.05) is 6.92 Å². The summed E-state index contributed by atoms with van der Waals surface area (Å²) in [7, 11) is 0. The first-order valence-corrected chi connectivity index (χ1v) is 14.4. The molecule has 0 saturated heterocycles. The second-order valence-corrected chi connectivity index (χ2v) is 9.98. The number of carbonyl (C=O) groups is 3. The molecule has 0 aliphatic carbocycles. The number of hydrogen-bond donors (Lipinski definition) is 0. The van der Waals surface area contributed by atoms with Gasteiger partial charge in [0, 0.05) is 17.2 Å². The number of rotatable bonds is 13. The third-order valence-electron chi connectivity index (χ3n) is 6.57. The van der Waals surface area contributed by atoms with Crippen molar-refractivity contribution in [3.05, 3.63) is 126 Å². The maximum atomic E-state index is 15.2. The molecule has 0 atom stereocenters. The lowest BCUT2D eigenvalue weighted by Crippen LogP contribution is -2.12. The molecule has 48 heavy (non-hydrogen) atoms. The minimum Gasteiger partial charge on any atom is -0.487 e. The summed E-state index contributed by atoms with van der Waals surface area (Å²) in [6.45, 7) is 4.08. The van der Waals surface area contributed by atoms with Crippen LogP contribution in [0.3, 0.4) is 0 Å². The van der Waals surface area contributed by atoms with Gasteiger partial charge in [0.05, 0.1) is 12.2 Å². The Morgan fingerprint density at radius 1 is 0.750 bits per heavy atom. The zero-order chi connectivity index (χ0) is 34.8. The van der Waals surface area contributed by atoms with Crippen LogP contribution in [-0.4, -0.2) is 37.7 Å². The van der Waals surface area contributed by atoms with Crippen molar-refractivity contribution in [2.75, 3.05) is 19.8 Å². The zero-order valence-electron chi connectivity index (χ0n) is 25.4. The van der Waals surface area contributed by atoms with E-state index < -0.39 is 71.5 Å². The molecule has 0 bridgehead atoms. The lowest BCUT2D eigenvalue weighted by atomic mass is 9.98. The molecule has 248 valence electrons. The van der Waals surface area contributed by atoms with Gasteiger partial charge in [0.15, 0.2) is 11.6 Å². The van der Waals surface area contributed by atoms with Crippen LogP contribution in [0.2, 0.25) is 0 Å². The van der Waals surface area contributed by atoms with E-state index in [2.05, 4.69) is 11.3 Å². The fraction of sp³-hybridized carbons (Fsp3) is 0.139. The van der Waals surface area contributed by atoms with Crippen LogP contribution < -0.4 is 9.47 Å². The maximum absolute atomic E-state index is 15.2. The van der Waals surface area contributed by atoms with Crippen molar-refractivity contribution in [3.63, 3.8) is 0 Å². The number of ether oxygens (including phenoxy) is 4. The van der Waals surface area contributed by atoms with Gasteiger partial charge in [-0.15, -0.1) is 0 Å². The quantitative estimate of drug-likeness (QED) is 0.0468. The van der Waals surface area contributed by atoms with Crippen LogP contribution in [0.15, 0.2) is 91.3 Å². The van der Waals surface area contributed by atoms with Crippen LogP contribution in [0.5, 0.6) is 11.5 Å². The topological polar surface area (TPSA) is 88.1 Å². The zero-order valence-corrected chi connectivity index (χ0v) is 25.4. The van der Waals surface area contributed by atoms with Gasteiger partial charge in [-0.2, -0.15) is 8.78 Å². The van der Waals surface area contributed by atoms with E-state index in [-0.39, 0.29) is 28.0 Å². The summed E-state index contributed by atoms with van der Waals surface area (Å²) in [5.74, 6) is -9.14. The molecule has 0 amide bonds. The number of carbonyl (C=O) groups excluding carboxylic acids is 3. The van der Waals surface area contributed by atoms with E-state index >= 15 is 4.39 Å². The smallest absolute Gasteiger partial charge is 0.366 e. The Morgan fingerprint density at radius 2 is 1.42 bits per heavy atom. The highest BCUT2D eigenvalue weighted by atomic mass is 19.2. The molecule has 0 saturated carbocycles. The van der Waals surface area contributed by atoms with E-state index in [0.717, 1.165) is 30.3 Å². The molecule has 12 heteroatoms. The molecule has 0 aliphatic rings. The van der Waals surface area contributed by atoms with Crippen molar-refractivity contribution in [1.82, 2.24) is 0 Å². The third kappa shape index (κ3) is 8.93. The third-order valence-corrected chi connectivity index (χ3v) is 6.57. The van der Waals surface area contributed by atoms with E-state index in [4.69, 9.17) is 14.2 Å². The van der Waals surface area contributed by atoms with Gasteiger partial charge >= 0.3 is 17.9 Å². The Bertz CT molecular complexity index is 1870. The fourth-order valence-corrected chi connectivity index (χ4v) is 4.22. The van der Waals surface area contributed by atoms with Crippen molar-refractivity contribution in [1.29, 1.82) is 0 Å². The van der Waals surface area contributed by atoms with Crippen molar-refractivity contribution in [3.8, 4) is 33.8 Å². The van der Waals surface area contributed by atoms with Crippen molar-refractivity contribution in [2.24, 2.45) is 0 Å². The number of hydrogen-bond acceptors (Lipinski definition) is 7. The van der Waals surface area contributed by atoms with E-state index in [0.29, 0.717) is 18.6 Å². The predicted molar refractivity (Wildman–Crippen MR) is 166 cm³/mol. The van der Waals surface area contributed by atoms with Gasteiger partial charge in [0.2, 0.25) is 11.6 Å². The van der Waals surface area contributed by atoms with Gasteiger partial charge in [-0.25, -0.2) is 27.6 Å². The van der Waals surface area contributed by atoms with Crippen LogP contribution in [0.25, 0.3) is 28.3 Å². The standard InChI is InChI=1S/C36H27F5O7/c1-3-16-46-32(42)15-6-22-4-9-25(10-5-22)48-36(44)28-12-8-23(19-30(28)39)26-11-7-24(20-29(26)38)27-13-14-31(34(41)33(27)40)45-17-18-47-35(43)21(2)37/h4-15,19-20H,2-3,16-18H2,1H3. The molecular weight excluding hydrogens is 639 g/mol.